The minimum Gasteiger partial charge on any atom is -0.477 e. The lowest BCUT2D eigenvalue weighted by atomic mass is 9.89. The second kappa shape index (κ2) is 7.52. The first-order chi connectivity index (χ1) is 12.3. The average Bonchev–Trinajstić information content (AvgIpc) is 2.59. The molecule has 1 aromatic heterocycles. The summed E-state index contributed by atoms with van der Waals surface area (Å²) in [6.45, 7) is 15.6. The summed E-state index contributed by atoms with van der Waals surface area (Å²) in [6.07, 6.45) is 0. The molecule has 0 bridgehead atoms. The molecule has 0 aliphatic carbocycles. The van der Waals surface area contributed by atoms with E-state index in [-0.39, 0.29) is 10.7 Å². The number of nitrogens with zero attached hydrogens (tertiary/aromatic N) is 2. The molecule has 0 atom stereocenters. The Kier molecular flexibility index (Phi) is 5.92. The molecule has 1 heterocycles. The highest BCUT2D eigenvalue weighted by atomic mass is 28.4. The van der Waals surface area contributed by atoms with E-state index in [1.165, 1.54) is 0 Å². The number of aromatic nitrogens is 2. The monoisotopic (exact) mass is 386 g/mol. The molecule has 0 radical (unpaired) electrons. The van der Waals surface area contributed by atoms with Crippen LogP contribution in [0.2, 0.25) is 18.1 Å². The van der Waals surface area contributed by atoms with Crippen LogP contribution in [0, 0.1) is 0 Å². The van der Waals surface area contributed by atoms with Crippen molar-refractivity contribution in [2.45, 2.75) is 58.2 Å². The van der Waals surface area contributed by atoms with E-state index in [1.807, 2.05) is 44.2 Å². The van der Waals surface area contributed by atoms with Crippen LogP contribution >= 0.6 is 0 Å². The average molecular weight is 387 g/mol. The molecule has 27 heavy (non-hydrogen) atoms. The summed E-state index contributed by atoms with van der Waals surface area (Å²) in [6, 6.07) is 11.0. The van der Waals surface area contributed by atoms with Crippen molar-refractivity contribution < 1.29 is 14.3 Å². The van der Waals surface area contributed by atoms with Gasteiger partial charge in [-0.3, -0.25) is 0 Å². The Labute approximate surface area is 163 Å². The zero-order valence-corrected chi connectivity index (χ0v) is 18.3. The molecule has 0 aliphatic rings. The maximum atomic E-state index is 11.6. The number of rotatable bonds is 6. The molecule has 1 aromatic carbocycles. The highest BCUT2D eigenvalue weighted by Gasteiger charge is 2.39. The molecule has 0 saturated heterocycles. The smallest absolute Gasteiger partial charge is 0.354 e. The molecule has 1 N–H and O–H groups in total. The van der Waals surface area contributed by atoms with Gasteiger partial charge in [-0.05, 0) is 24.2 Å². The van der Waals surface area contributed by atoms with Crippen LogP contribution in [0.5, 0.6) is 0 Å². The highest BCUT2D eigenvalue weighted by molar-refractivity contribution is 6.74. The van der Waals surface area contributed by atoms with Gasteiger partial charge in [0.1, 0.15) is 0 Å². The van der Waals surface area contributed by atoms with Crippen molar-refractivity contribution in [2.75, 3.05) is 6.61 Å². The van der Waals surface area contributed by atoms with E-state index in [4.69, 9.17) is 4.43 Å². The zero-order chi connectivity index (χ0) is 20.5. The Morgan fingerprint density at radius 3 is 2.19 bits per heavy atom. The molecule has 0 fully saturated rings. The summed E-state index contributed by atoms with van der Waals surface area (Å²) >= 11 is 0. The fourth-order valence-electron chi connectivity index (χ4n) is 2.27. The minimum atomic E-state index is -1.92. The van der Waals surface area contributed by atoms with Crippen LogP contribution in [-0.2, 0) is 9.84 Å². The van der Waals surface area contributed by atoms with Crippen molar-refractivity contribution in [1.29, 1.82) is 0 Å². The largest absolute Gasteiger partial charge is 0.477 e. The van der Waals surface area contributed by atoms with E-state index in [2.05, 4.69) is 43.8 Å². The van der Waals surface area contributed by atoms with Crippen molar-refractivity contribution >= 4 is 14.3 Å². The number of carbonyl (C=O) groups is 1. The standard InChI is InChI=1S/C21H30N2O3Si/c1-20(2,3)27(6,7)26-14-21(4,5)17-13-16(19(24)25)22-18(23-17)15-11-9-8-10-12-15/h8-13H,14H2,1-7H3,(H,24,25). The van der Waals surface area contributed by atoms with Gasteiger partial charge in [0.2, 0.25) is 0 Å². The van der Waals surface area contributed by atoms with Gasteiger partial charge in [-0.1, -0.05) is 65.0 Å². The lowest BCUT2D eigenvalue weighted by molar-refractivity contribution is 0.0690. The second-order valence-corrected chi connectivity index (χ2v) is 13.9. The van der Waals surface area contributed by atoms with Crippen molar-refractivity contribution in [3.63, 3.8) is 0 Å². The van der Waals surface area contributed by atoms with Crippen LogP contribution in [0.1, 0.15) is 50.8 Å². The molecular weight excluding hydrogens is 356 g/mol. The molecule has 0 spiro atoms. The number of benzene rings is 1. The summed E-state index contributed by atoms with van der Waals surface area (Å²) in [4.78, 5) is 20.5. The minimum absolute atomic E-state index is 0.000690. The third-order valence-corrected chi connectivity index (χ3v) is 9.75. The first-order valence-corrected chi connectivity index (χ1v) is 12.1. The number of hydrogen-bond donors (Lipinski definition) is 1. The molecule has 6 heteroatoms. The number of carboxylic acids is 1. The highest BCUT2D eigenvalue weighted by Crippen LogP contribution is 2.38. The third-order valence-electron chi connectivity index (χ3n) is 5.27. The van der Waals surface area contributed by atoms with Gasteiger partial charge in [-0.15, -0.1) is 0 Å². The van der Waals surface area contributed by atoms with E-state index in [0.717, 1.165) is 5.56 Å². The van der Waals surface area contributed by atoms with Crippen LogP contribution in [0.4, 0.5) is 0 Å². The maximum Gasteiger partial charge on any atom is 0.354 e. The summed E-state index contributed by atoms with van der Waals surface area (Å²) in [5.41, 5.74) is 1.03. The Hall–Kier alpha value is -2.05. The van der Waals surface area contributed by atoms with Crippen molar-refractivity contribution in [3.05, 3.63) is 47.8 Å². The van der Waals surface area contributed by atoms with Crippen LogP contribution in [0.25, 0.3) is 11.4 Å². The Morgan fingerprint density at radius 2 is 1.67 bits per heavy atom. The Morgan fingerprint density at radius 1 is 1.07 bits per heavy atom. The Balaban J connectivity index is 2.41. The quantitative estimate of drug-likeness (QED) is 0.696. The number of aromatic carboxylic acids is 1. The molecule has 0 unspecified atom stereocenters. The summed E-state index contributed by atoms with van der Waals surface area (Å²) in [5.74, 6) is -0.636. The first-order valence-electron chi connectivity index (χ1n) is 9.16. The van der Waals surface area contributed by atoms with Gasteiger partial charge in [0.15, 0.2) is 19.8 Å². The van der Waals surface area contributed by atoms with Gasteiger partial charge in [0, 0.05) is 17.6 Å². The van der Waals surface area contributed by atoms with Gasteiger partial charge >= 0.3 is 5.97 Å². The lowest BCUT2D eigenvalue weighted by Gasteiger charge is -2.39. The van der Waals surface area contributed by atoms with Gasteiger partial charge < -0.3 is 9.53 Å². The summed E-state index contributed by atoms with van der Waals surface area (Å²) in [7, 11) is -1.92. The van der Waals surface area contributed by atoms with Gasteiger partial charge in [-0.2, -0.15) is 0 Å². The molecule has 0 amide bonds. The van der Waals surface area contributed by atoms with Crippen molar-refractivity contribution in [1.82, 2.24) is 9.97 Å². The predicted molar refractivity (Wildman–Crippen MR) is 111 cm³/mol. The van der Waals surface area contributed by atoms with Crippen LogP contribution in [-0.4, -0.2) is 36.0 Å². The normalized spacial score (nSPS) is 12.9. The summed E-state index contributed by atoms with van der Waals surface area (Å²) in [5, 5.41) is 9.60. The van der Waals surface area contributed by atoms with E-state index in [9.17, 15) is 9.90 Å². The third kappa shape index (κ3) is 5.02. The van der Waals surface area contributed by atoms with Gasteiger partial charge in [0.05, 0.1) is 5.69 Å². The number of hydrogen-bond acceptors (Lipinski definition) is 4. The maximum absolute atomic E-state index is 11.6. The molecule has 2 aromatic rings. The molecule has 5 nitrogen and oxygen atoms in total. The van der Waals surface area contributed by atoms with Crippen molar-refractivity contribution in [3.8, 4) is 11.4 Å². The molecule has 146 valence electrons. The van der Waals surface area contributed by atoms with Gasteiger partial charge in [-0.25, -0.2) is 14.8 Å². The summed E-state index contributed by atoms with van der Waals surface area (Å²) < 4.78 is 6.39. The molecular formula is C21H30N2O3Si. The van der Waals surface area contributed by atoms with Gasteiger partial charge in [0.25, 0.3) is 0 Å². The second-order valence-electron chi connectivity index (χ2n) is 9.07. The predicted octanol–water partition coefficient (Wildman–Crippen LogP) is 5.14. The first kappa shape index (κ1) is 21.2. The Bertz CT molecular complexity index is 812. The fraction of sp³-hybridized carbons (Fsp3) is 0.476. The van der Waals surface area contributed by atoms with Crippen LogP contribution in [0.3, 0.4) is 0 Å². The van der Waals surface area contributed by atoms with Crippen LogP contribution in [0.15, 0.2) is 36.4 Å². The fourth-order valence-corrected chi connectivity index (χ4v) is 3.43. The number of carboxylic acid groups (broad SMARTS) is 1. The van der Waals surface area contributed by atoms with Crippen molar-refractivity contribution in [2.24, 2.45) is 0 Å². The SMILES string of the molecule is CC(C)(CO[Si](C)(C)C(C)(C)C)c1cc(C(=O)O)nc(-c2ccccc2)n1. The molecule has 0 saturated carbocycles. The van der Waals surface area contributed by atoms with Crippen LogP contribution < -0.4 is 0 Å². The molecule has 2 rings (SSSR count). The topological polar surface area (TPSA) is 72.3 Å². The zero-order valence-electron chi connectivity index (χ0n) is 17.3. The van der Waals surface area contributed by atoms with E-state index < -0.39 is 19.7 Å². The lowest BCUT2D eigenvalue weighted by Crippen LogP contribution is -2.44. The van der Waals surface area contributed by atoms with E-state index in [0.29, 0.717) is 18.1 Å². The van der Waals surface area contributed by atoms with E-state index in [1.54, 1.807) is 6.07 Å². The molecule has 0 aliphatic heterocycles. The van der Waals surface area contributed by atoms with E-state index >= 15 is 0 Å².